The molecule has 0 saturated heterocycles. The predicted molar refractivity (Wildman–Crippen MR) is 100 cm³/mol. The molecular formula is C16H23BrN6. The molecule has 6 nitrogen and oxygen atoms in total. The van der Waals surface area contributed by atoms with Gasteiger partial charge in [0.2, 0.25) is 5.95 Å². The topological polar surface area (TPSA) is 89.1 Å². The summed E-state index contributed by atoms with van der Waals surface area (Å²) in [5.41, 5.74) is 10.7. The van der Waals surface area contributed by atoms with Crippen LogP contribution in [0.1, 0.15) is 36.2 Å². The minimum absolute atomic E-state index is 0.168. The third kappa shape index (κ3) is 4.48. The largest absolute Gasteiger partial charge is 0.368 e. The summed E-state index contributed by atoms with van der Waals surface area (Å²) < 4.78 is 0.511. The summed E-state index contributed by atoms with van der Waals surface area (Å²) in [5, 5.41) is 3.19. The number of halogens is 1. The van der Waals surface area contributed by atoms with Crippen LogP contribution in [0.3, 0.4) is 0 Å². The number of pyridine rings is 1. The Hall–Kier alpha value is -2.02. The molecule has 0 aliphatic heterocycles. The van der Waals surface area contributed by atoms with E-state index in [1.54, 1.807) is 0 Å². The van der Waals surface area contributed by atoms with E-state index in [9.17, 15) is 0 Å². The number of aromatic nitrogens is 3. The smallest absolute Gasteiger partial charge is 0.223 e. The molecule has 7 heteroatoms. The number of nitrogens with one attached hydrogen (secondary N) is 1. The highest BCUT2D eigenvalue weighted by molar-refractivity contribution is 9.10. The highest BCUT2D eigenvalue weighted by atomic mass is 79.9. The minimum Gasteiger partial charge on any atom is -0.368 e. The van der Waals surface area contributed by atoms with E-state index in [1.165, 1.54) is 11.1 Å². The van der Waals surface area contributed by atoms with Crippen molar-refractivity contribution in [3.63, 3.8) is 0 Å². The minimum atomic E-state index is 0.168. The molecule has 0 amide bonds. The molecule has 0 saturated carbocycles. The zero-order valence-electron chi connectivity index (χ0n) is 14.2. The fourth-order valence-electron chi connectivity index (χ4n) is 1.93. The molecule has 0 aliphatic carbocycles. The molecule has 0 fully saturated rings. The van der Waals surface area contributed by atoms with E-state index < -0.39 is 0 Å². The van der Waals surface area contributed by atoms with Gasteiger partial charge in [-0.25, -0.2) is 4.98 Å². The molecule has 2 rings (SSSR count). The van der Waals surface area contributed by atoms with Crippen LogP contribution in [0.5, 0.6) is 0 Å². The zero-order valence-corrected chi connectivity index (χ0v) is 15.8. The molecule has 0 radical (unpaired) electrons. The van der Waals surface area contributed by atoms with Crippen LogP contribution in [0.25, 0.3) is 0 Å². The molecule has 23 heavy (non-hydrogen) atoms. The number of aryl methyl sites for hydroxylation is 1. The maximum atomic E-state index is 5.66. The first-order valence-corrected chi connectivity index (χ1v) is 8.18. The molecule has 2 aromatic heterocycles. The number of hydrogen-bond donors (Lipinski definition) is 2. The molecule has 2 aromatic rings. The summed E-state index contributed by atoms with van der Waals surface area (Å²) >= 11 is 3.30. The molecule has 124 valence electrons. The van der Waals surface area contributed by atoms with E-state index in [-0.39, 0.29) is 5.95 Å². The van der Waals surface area contributed by atoms with Gasteiger partial charge in [-0.1, -0.05) is 13.8 Å². The van der Waals surface area contributed by atoms with Crippen molar-refractivity contribution in [3.8, 4) is 0 Å². The number of nitrogens with zero attached hydrogens (tertiary/aromatic N) is 4. The summed E-state index contributed by atoms with van der Waals surface area (Å²) in [5.74, 6) is 0.699. The van der Waals surface area contributed by atoms with Gasteiger partial charge in [0.25, 0.3) is 0 Å². The Balaban J connectivity index is 0.00000127. The molecule has 0 atom stereocenters. The van der Waals surface area contributed by atoms with Crippen LogP contribution >= 0.6 is 15.9 Å². The Morgan fingerprint density at radius 2 is 1.87 bits per heavy atom. The fraction of sp³-hybridized carbons (Fsp3) is 0.375. The number of nitrogens with two attached hydrogens (primary N) is 1. The first kappa shape index (κ1) is 19.0. The highest BCUT2D eigenvalue weighted by Crippen LogP contribution is 2.31. The van der Waals surface area contributed by atoms with Crippen molar-refractivity contribution < 1.29 is 0 Å². The van der Waals surface area contributed by atoms with Gasteiger partial charge >= 0.3 is 0 Å². The van der Waals surface area contributed by atoms with Gasteiger partial charge in [-0.3, -0.25) is 9.98 Å². The van der Waals surface area contributed by atoms with E-state index >= 15 is 0 Å². The second-order valence-electron chi connectivity index (χ2n) is 4.72. The SMILES string of the molecule is C=Nc1c(Br)nc(N)nc1NCc1ncc(C)c(C)c1C.CC. The molecule has 0 bridgehead atoms. The molecule has 2 heterocycles. The maximum Gasteiger partial charge on any atom is 0.223 e. The van der Waals surface area contributed by atoms with Crippen LogP contribution in [0, 0.1) is 20.8 Å². The third-order valence-electron chi connectivity index (χ3n) is 3.44. The number of anilines is 2. The quantitative estimate of drug-likeness (QED) is 0.616. The zero-order chi connectivity index (χ0) is 17.6. The number of rotatable bonds is 4. The summed E-state index contributed by atoms with van der Waals surface area (Å²) in [6.07, 6.45) is 1.87. The second-order valence-corrected chi connectivity index (χ2v) is 5.47. The van der Waals surface area contributed by atoms with Gasteiger partial charge in [-0.2, -0.15) is 4.98 Å². The number of hydrogen-bond acceptors (Lipinski definition) is 6. The summed E-state index contributed by atoms with van der Waals surface area (Å²) in [6, 6.07) is 0. The first-order chi connectivity index (χ1) is 10.9. The van der Waals surface area contributed by atoms with Crippen molar-refractivity contribution in [2.24, 2.45) is 4.99 Å². The Kier molecular flexibility index (Phi) is 7.09. The average Bonchev–Trinajstić information content (AvgIpc) is 2.53. The van der Waals surface area contributed by atoms with E-state index in [4.69, 9.17) is 5.73 Å². The van der Waals surface area contributed by atoms with Gasteiger partial charge in [0, 0.05) is 6.20 Å². The lowest BCUT2D eigenvalue weighted by Gasteiger charge is -2.13. The Labute approximate surface area is 145 Å². The standard InChI is InChI=1S/C14H17BrN6.C2H6/c1-7-5-18-10(9(3)8(7)2)6-19-13-11(17-4)12(15)20-14(16)21-13;1-2/h5H,4,6H2,1-3H3,(H3,16,19,20,21);1-2H3. The van der Waals surface area contributed by atoms with Crippen molar-refractivity contribution in [1.82, 2.24) is 15.0 Å². The summed E-state index contributed by atoms with van der Waals surface area (Å²) in [6.45, 7) is 14.2. The van der Waals surface area contributed by atoms with E-state index in [0.717, 1.165) is 11.3 Å². The van der Waals surface area contributed by atoms with Crippen LogP contribution < -0.4 is 11.1 Å². The van der Waals surface area contributed by atoms with Crippen molar-refractivity contribution in [2.45, 2.75) is 41.2 Å². The van der Waals surface area contributed by atoms with Gasteiger partial charge in [0.1, 0.15) is 10.3 Å². The highest BCUT2D eigenvalue weighted by Gasteiger charge is 2.11. The molecule has 0 aliphatic rings. The van der Waals surface area contributed by atoms with Gasteiger partial charge < -0.3 is 11.1 Å². The molecular weight excluding hydrogens is 356 g/mol. The Bertz CT molecular complexity index is 699. The summed E-state index contributed by atoms with van der Waals surface area (Å²) in [7, 11) is 0. The predicted octanol–water partition coefficient (Wildman–Crippen LogP) is 4.11. The molecule has 0 unspecified atom stereocenters. The third-order valence-corrected chi connectivity index (χ3v) is 3.99. The lowest BCUT2D eigenvalue weighted by Crippen LogP contribution is -2.08. The van der Waals surface area contributed by atoms with Gasteiger partial charge in [-0.05, 0) is 60.1 Å². The van der Waals surface area contributed by atoms with Crippen LogP contribution in [0.15, 0.2) is 15.8 Å². The number of aliphatic imine (C=N–C) groups is 1. The van der Waals surface area contributed by atoms with Crippen molar-refractivity contribution in [2.75, 3.05) is 11.1 Å². The maximum absolute atomic E-state index is 5.66. The second kappa shape index (κ2) is 8.57. The van der Waals surface area contributed by atoms with Crippen LogP contribution in [0.2, 0.25) is 0 Å². The summed E-state index contributed by atoms with van der Waals surface area (Å²) in [4.78, 5) is 16.5. The number of nitrogen functional groups attached to an aromatic ring is 1. The van der Waals surface area contributed by atoms with E-state index in [1.807, 2.05) is 20.0 Å². The van der Waals surface area contributed by atoms with Crippen molar-refractivity contribution in [3.05, 3.63) is 33.2 Å². The van der Waals surface area contributed by atoms with Gasteiger partial charge in [-0.15, -0.1) is 0 Å². The molecule has 0 aromatic carbocycles. The van der Waals surface area contributed by atoms with E-state index in [0.29, 0.717) is 22.7 Å². The molecule has 0 spiro atoms. The molecule has 3 N–H and O–H groups in total. The van der Waals surface area contributed by atoms with E-state index in [2.05, 4.69) is 68.7 Å². The van der Waals surface area contributed by atoms with Crippen molar-refractivity contribution >= 4 is 40.1 Å². The lowest BCUT2D eigenvalue weighted by molar-refractivity contribution is 0.978. The Morgan fingerprint density at radius 3 is 2.48 bits per heavy atom. The fourth-order valence-corrected chi connectivity index (χ4v) is 2.43. The lowest BCUT2D eigenvalue weighted by atomic mass is 10.0. The Morgan fingerprint density at radius 1 is 1.22 bits per heavy atom. The average molecular weight is 379 g/mol. The van der Waals surface area contributed by atoms with Crippen LogP contribution in [0.4, 0.5) is 17.5 Å². The monoisotopic (exact) mass is 378 g/mol. The normalized spacial score (nSPS) is 9.83. The van der Waals surface area contributed by atoms with Crippen LogP contribution in [-0.2, 0) is 6.54 Å². The van der Waals surface area contributed by atoms with Gasteiger partial charge in [0.05, 0.1) is 12.2 Å². The van der Waals surface area contributed by atoms with Crippen LogP contribution in [-0.4, -0.2) is 21.7 Å². The van der Waals surface area contributed by atoms with Gasteiger partial charge in [0.15, 0.2) is 5.82 Å². The van der Waals surface area contributed by atoms with Crippen molar-refractivity contribution in [1.29, 1.82) is 0 Å². The first-order valence-electron chi connectivity index (χ1n) is 7.39.